The van der Waals surface area contributed by atoms with E-state index in [-0.39, 0.29) is 17.4 Å². The zero-order valence-electron chi connectivity index (χ0n) is 22.9. The van der Waals surface area contributed by atoms with Gasteiger partial charge in [0.1, 0.15) is 23.4 Å². The average molecular weight is 550 g/mol. The maximum atomic E-state index is 11.3. The predicted octanol–water partition coefficient (Wildman–Crippen LogP) is 4.12. The van der Waals surface area contributed by atoms with E-state index in [0.717, 1.165) is 46.1 Å². The van der Waals surface area contributed by atoms with Gasteiger partial charge in [0.25, 0.3) is 0 Å². The maximum absolute atomic E-state index is 11.3. The van der Waals surface area contributed by atoms with Crippen molar-refractivity contribution in [2.45, 2.75) is 37.4 Å². The molecular weight excluding hydrogens is 518 g/mol. The molecule has 0 bridgehead atoms. The minimum Gasteiger partial charge on any atom is -0.508 e. The van der Waals surface area contributed by atoms with Gasteiger partial charge in [0.2, 0.25) is 0 Å². The van der Waals surface area contributed by atoms with Crippen molar-refractivity contribution in [1.82, 2.24) is 0 Å². The second kappa shape index (κ2) is 9.85. The van der Waals surface area contributed by atoms with Crippen LogP contribution in [-0.2, 0) is 19.3 Å². The first-order valence-electron chi connectivity index (χ1n) is 13.8. The monoisotopic (exact) mass is 549 g/mol. The lowest BCUT2D eigenvalue weighted by atomic mass is 9.73. The molecule has 1 aliphatic carbocycles. The van der Waals surface area contributed by atoms with Crippen LogP contribution in [0.25, 0.3) is 17.2 Å². The molecule has 4 aromatic carbocycles. The van der Waals surface area contributed by atoms with Gasteiger partial charge in [-0.15, -0.1) is 0 Å². The van der Waals surface area contributed by atoms with E-state index < -0.39 is 12.2 Å². The highest BCUT2D eigenvalue weighted by atomic mass is 16.5. The van der Waals surface area contributed by atoms with Crippen molar-refractivity contribution in [1.29, 1.82) is 0 Å². The van der Waals surface area contributed by atoms with E-state index in [0.29, 0.717) is 35.7 Å². The maximum Gasteiger partial charge on any atom is 0.160 e. The van der Waals surface area contributed by atoms with E-state index >= 15 is 0 Å². The van der Waals surface area contributed by atoms with Crippen LogP contribution in [0.1, 0.15) is 39.8 Å². The number of ether oxygens (including phenoxy) is 3. The predicted molar refractivity (Wildman–Crippen MR) is 155 cm³/mol. The normalized spacial score (nSPS) is 19.9. The van der Waals surface area contributed by atoms with Gasteiger partial charge in [0.15, 0.2) is 11.5 Å². The Balaban J connectivity index is 1.32. The smallest absolute Gasteiger partial charge is 0.160 e. The number of aliphatic hydroxyl groups excluding tert-OH is 1. The molecule has 3 N–H and O–H groups in total. The topological polar surface area (TPSA) is 101 Å². The molecule has 3 atom stereocenters. The summed E-state index contributed by atoms with van der Waals surface area (Å²) in [6, 6.07) is 18.9. The van der Waals surface area contributed by atoms with Crippen molar-refractivity contribution < 1.29 is 29.5 Å². The highest BCUT2D eigenvalue weighted by Crippen LogP contribution is 2.52. The lowest BCUT2D eigenvalue weighted by molar-refractivity contribution is 0.0202. The number of aromatic hydroxyl groups is 2. The van der Waals surface area contributed by atoms with Crippen LogP contribution < -0.4 is 24.8 Å². The number of nitrogens with zero attached hydrogens (tertiary/aromatic N) is 1. The highest BCUT2D eigenvalue weighted by molar-refractivity contribution is 5.83. The number of rotatable bonds is 5. The lowest BCUT2D eigenvalue weighted by Gasteiger charge is -2.37. The van der Waals surface area contributed by atoms with Gasteiger partial charge in [-0.2, -0.15) is 0 Å². The minimum atomic E-state index is -0.801. The van der Waals surface area contributed by atoms with E-state index in [4.69, 9.17) is 14.2 Å². The van der Waals surface area contributed by atoms with Crippen molar-refractivity contribution in [3.05, 3.63) is 99.1 Å². The summed E-state index contributed by atoms with van der Waals surface area (Å²) in [5, 5.41) is 34.1. The zero-order valence-corrected chi connectivity index (χ0v) is 22.9. The molecule has 0 saturated carbocycles. The molecule has 2 heterocycles. The fourth-order valence-electron chi connectivity index (χ4n) is 6.65. The third kappa shape index (κ3) is 4.28. The number of hydrogen-bond acceptors (Lipinski definition) is 7. The largest absolute Gasteiger partial charge is 0.508 e. The third-order valence-corrected chi connectivity index (χ3v) is 8.58. The molecule has 7 nitrogen and oxygen atoms in total. The van der Waals surface area contributed by atoms with E-state index in [1.54, 1.807) is 31.4 Å². The van der Waals surface area contributed by atoms with E-state index in [1.165, 1.54) is 17.9 Å². The van der Waals surface area contributed by atoms with Crippen molar-refractivity contribution >= 4 is 6.08 Å². The van der Waals surface area contributed by atoms with Crippen LogP contribution >= 0.6 is 0 Å². The molecule has 208 valence electrons. The number of aliphatic hydroxyl groups is 1. The number of fused-ring (bicyclic) bond motifs is 6. The Morgan fingerprint density at radius 2 is 1.76 bits per heavy atom. The number of hydrogen-bond donors (Lipinski definition) is 3. The second-order valence-corrected chi connectivity index (χ2v) is 11.0. The first-order chi connectivity index (χ1) is 19.9. The fraction of sp³-hybridized carbons (Fsp3) is 0.265. The molecule has 0 unspecified atom stereocenters. The Kier molecular flexibility index (Phi) is 6.12. The van der Waals surface area contributed by atoms with Crippen LogP contribution in [0.2, 0.25) is 0 Å². The van der Waals surface area contributed by atoms with Gasteiger partial charge in [0.05, 0.1) is 32.2 Å². The Hall–Kier alpha value is -4.49. The van der Waals surface area contributed by atoms with Crippen LogP contribution in [-0.4, -0.2) is 42.2 Å². The summed E-state index contributed by atoms with van der Waals surface area (Å²) in [5.41, 5.74) is 7.10. The van der Waals surface area contributed by atoms with Crippen molar-refractivity contribution in [2.75, 3.05) is 20.8 Å². The second-order valence-electron chi connectivity index (χ2n) is 11.0. The summed E-state index contributed by atoms with van der Waals surface area (Å²) in [6.45, 7) is 0.721. The molecule has 0 radical (unpaired) electrons. The van der Waals surface area contributed by atoms with Crippen LogP contribution in [0, 0.1) is 0 Å². The summed E-state index contributed by atoms with van der Waals surface area (Å²) in [5.74, 6) is 2.07. The van der Waals surface area contributed by atoms with Gasteiger partial charge >= 0.3 is 0 Å². The standard InChI is InChI=1S/C34H31NO6/c1-39-31-14-20(4-8-28(31)37)34-29(38)16-25-26-13-21(12-18-3-7-27-19(11-18)9-10-35-27)24-15-22(36)5-6-23(24)33(26)32(40-2)17-30(25)41-34/h3-9,11,14-15,17,21,29,34,36-38H,10,12-13,16H2,1-2H3/t21-,29-,34-/m1/s1. The molecule has 41 heavy (non-hydrogen) atoms. The van der Waals surface area contributed by atoms with E-state index in [9.17, 15) is 15.3 Å². The van der Waals surface area contributed by atoms with Gasteiger partial charge in [-0.05, 0) is 88.2 Å². The summed E-state index contributed by atoms with van der Waals surface area (Å²) in [4.78, 5) is 4.52. The molecule has 0 aromatic heterocycles. The van der Waals surface area contributed by atoms with Gasteiger partial charge in [-0.3, -0.25) is 4.99 Å². The average Bonchev–Trinajstić information content (AvgIpc) is 3.45. The molecule has 0 amide bonds. The van der Waals surface area contributed by atoms with E-state index in [1.807, 2.05) is 18.2 Å². The molecule has 0 saturated heterocycles. The van der Waals surface area contributed by atoms with Crippen molar-refractivity contribution in [3.63, 3.8) is 0 Å². The highest BCUT2D eigenvalue weighted by Gasteiger charge is 2.37. The van der Waals surface area contributed by atoms with Gasteiger partial charge in [0, 0.05) is 23.6 Å². The van der Waals surface area contributed by atoms with Gasteiger partial charge in [-0.25, -0.2) is 0 Å². The first kappa shape index (κ1) is 25.5. The van der Waals surface area contributed by atoms with Crippen molar-refractivity contribution in [3.8, 4) is 39.9 Å². The molecule has 0 fully saturated rings. The van der Waals surface area contributed by atoms with Gasteiger partial charge in [-0.1, -0.05) is 24.3 Å². The Morgan fingerprint density at radius 1 is 0.902 bits per heavy atom. The Morgan fingerprint density at radius 3 is 2.59 bits per heavy atom. The number of benzene rings is 4. The summed E-state index contributed by atoms with van der Waals surface area (Å²) >= 11 is 0. The van der Waals surface area contributed by atoms with Crippen LogP contribution in [0.5, 0.6) is 28.7 Å². The third-order valence-electron chi connectivity index (χ3n) is 8.58. The summed E-state index contributed by atoms with van der Waals surface area (Å²) in [7, 11) is 3.15. The molecule has 4 aromatic rings. The lowest BCUT2D eigenvalue weighted by Crippen LogP contribution is -2.32. The Labute approximate surface area is 237 Å². The number of methoxy groups -OCH3 is 2. The van der Waals surface area contributed by atoms with Crippen molar-refractivity contribution in [2.24, 2.45) is 4.99 Å². The van der Waals surface area contributed by atoms with Gasteiger partial charge < -0.3 is 29.5 Å². The molecule has 7 heteroatoms. The fourth-order valence-corrected chi connectivity index (χ4v) is 6.65. The van der Waals surface area contributed by atoms with Crippen LogP contribution in [0.15, 0.2) is 65.7 Å². The summed E-state index contributed by atoms with van der Waals surface area (Å²) < 4.78 is 17.7. The minimum absolute atomic E-state index is 0.0316. The molecule has 7 rings (SSSR count). The molecule has 3 aliphatic rings. The molecule has 2 aliphatic heterocycles. The van der Waals surface area contributed by atoms with Crippen LogP contribution in [0.4, 0.5) is 0 Å². The Bertz CT molecular complexity index is 1810. The zero-order chi connectivity index (χ0) is 28.2. The first-order valence-corrected chi connectivity index (χ1v) is 13.8. The molecule has 0 spiro atoms. The van der Waals surface area contributed by atoms with Crippen LogP contribution in [0.3, 0.4) is 0 Å². The SMILES string of the molecule is COc1cc([C@H]2Oc3cc(OC)c4c(c3C[C@H]2O)C[C@@H](Cc2ccc3c(c2)=CCN=3)c2cc(O)ccc2-4)ccc1O. The quantitative estimate of drug-likeness (QED) is 0.347. The van der Waals surface area contributed by atoms with E-state index in [2.05, 4.69) is 29.3 Å². The number of phenols is 2. The number of phenolic OH excluding ortho intramolecular Hbond substituents is 2. The summed E-state index contributed by atoms with van der Waals surface area (Å²) in [6.07, 6.45) is 2.63. The molecular formula is C34H31NO6.